The fraction of sp³-hybridized carbons (Fsp3) is 0.222. The van der Waals surface area contributed by atoms with E-state index in [0.717, 1.165) is 10.5 Å². The Hall–Kier alpha value is -0.960. The predicted octanol–water partition coefficient (Wildman–Crippen LogP) is 2.21. The summed E-state index contributed by atoms with van der Waals surface area (Å²) in [6, 6.07) is 5.37. The van der Waals surface area contributed by atoms with Crippen molar-refractivity contribution in [2.24, 2.45) is 0 Å². The SMILES string of the molecule is CC(=O)Oc1ccc(S)cc1C. The van der Waals surface area contributed by atoms with Crippen LogP contribution in [-0.2, 0) is 4.79 Å². The van der Waals surface area contributed by atoms with E-state index in [1.54, 1.807) is 12.1 Å². The molecule has 0 aliphatic carbocycles. The Kier molecular flexibility index (Phi) is 2.76. The number of thiol groups is 1. The van der Waals surface area contributed by atoms with Crippen molar-refractivity contribution >= 4 is 18.6 Å². The quantitative estimate of drug-likeness (QED) is 0.409. The Balaban J connectivity index is 2.93. The number of hydrogen-bond donors (Lipinski definition) is 1. The number of rotatable bonds is 1. The van der Waals surface area contributed by atoms with Gasteiger partial charge in [-0.05, 0) is 30.7 Å². The second-order valence-corrected chi connectivity index (χ2v) is 3.06. The smallest absolute Gasteiger partial charge is 0.308 e. The maximum Gasteiger partial charge on any atom is 0.308 e. The molecule has 1 rings (SSSR count). The summed E-state index contributed by atoms with van der Waals surface area (Å²) in [4.78, 5) is 11.5. The average molecular weight is 182 g/mol. The van der Waals surface area contributed by atoms with Crippen molar-refractivity contribution in [2.75, 3.05) is 0 Å². The zero-order valence-electron chi connectivity index (χ0n) is 7.00. The highest BCUT2D eigenvalue weighted by Gasteiger charge is 2.01. The fourth-order valence-corrected chi connectivity index (χ4v) is 1.17. The van der Waals surface area contributed by atoms with Gasteiger partial charge in [0.25, 0.3) is 0 Å². The minimum absolute atomic E-state index is 0.301. The standard InChI is InChI=1S/C9H10O2S/c1-6-5-8(12)3-4-9(6)11-7(2)10/h3-5,12H,1-2H3. The number of carbonyl (C=O) groups is 1. The molecule has 1 aromatic rings. The van der Waals surface area contributed by atoms with Gasteiger partial charge >= 0.3 is 5.97 Å². The molecule has 0 fully saturated rings. The Morgan fingerprint density at radius 2 is 2.17 bits per heavy atom. The van der Waals surface area contributed by atoms with Crippen molar-refractivity contribution in [2.45, 2.75) is 18.7 Å². The predicted molar refractivity (Wildman–Crippen MR) is 49.7 cm³/mol. The topological polar surface area (TPSA) is 26.3 Å². The number of hydrogen-bond acceptors (Lipinski definition) is 3. The van der Waals surface area contributed by atoms with Gasteiger partial charge < -0.3 is 4.74 Å². The van der Waals surface area contributed by atoms with Gasteiger partial charge in [-0.15, -0.1) is 12.6 Å². The average Bonchev–Trinajstić information content (AvgIpc) is 1.94. The molecule has 0 spiro atoms. The van der Waals surface area contributed by atoms with Gasteiger partial charge in [0.15, 0.2) is 0 Å². The highest BCUT2D eigenvalue weighted by Crippen LogP contribution is 2.20. The Labute approximate surface area is 77.0 Å². The van der Waals surface area contributed by atoms with Crippen molar-refractivity contribution < 1.29 is 9.53 Å². The van der Waals surface area contributed by atoms with Crippen LogP contribution in [0.1, 0.15) is 12.5 Å². The zero-order chi connectivity index (χ0) is 9.14. The largest absolute Gasteiger partial charge is 0.426 e. The van der Waals surface area contributed by atoms with Gasteiger partial charge in [0, 0.05) is 11.8 Å². The Morgan fingerprint density at radius 3 is 2.67 bits per heavy atom. The lowest BCUT2D eigenvalue weighted by atomic mass is 10.2. The second kappa shape index (κ2) is 3.63. The molecule has 0 bridgehead atoms. The first kappa shape index (κ1) is 9.13. The molecule has 64 valence electrons. The van der Waals surface area contributed by atoms with Crippen molar-refractivity contribution in [1.29, 1.82) is 0 Å². The van der Waals surface area contributed by atoms with E-state index >= 15 is 0 Å². The van der Waals surface area contributed by atoms with Crippen LogP contribution in [0.25, 0.3) is 0 Å². The van der Waals surface area contributed by atoms with E-state index < -0.39 is 0 Å². The molecule has 3 heteroatoms. The fourth-order valence-electron chi connectivity index (χ4n) is 0.903. The summed E-state index contributed by atoms with van der Waals surface area (Å²) in [6.45, 7) is 3.26. The van der Waals surface area contributed by atoms with Gasteiger partial charge in [-0.3, -0.25) is 4.79 Å². The molecule has 0 aromatic heterocycles. The first-order valence-corrected chi connectivity index (χ1v) is 4.02. The number of esters is 1. The van der Waals surface area contributed by atoms with E-state index in [-0.39, 0.29) is 5.97 Å². The molecular formula is C9H10O2S. The lowest BCUT2D eigenvalue weighted by Crippen LogP contribution is -2.02. The third kappa shape index (κ3) is 2.27. The van der Waals surface area contributed by atoms with E-state index in [0.29, 0.717) is 5.75 Å². The number of aryl methyl sites for hydroxylation is 1. The molecule has 0 radical (unpaired) electrons. The third-order valence-corrected chi connectivity index (χ3v) is 1.69. The van der Waals surface area contributed by atoms with Crippen LogP contribution in [0.3, 0.4) is 0 Å². The third-order valence-electron chi connectivity index (χ3n) is 1.41. The van der Waals surface area contributed by atoms with Gasteiger partial charge in [0.1, 0.15) is 5.75 Å². The van der Waals surface area contributed by atoms with E-state index in [1.165, 1.54) is 6.92 Å². The second-order valence-electron chi connectivity index (χ2n) is 2.54. The molecule has 0 amide bonds. The van der Waals surface area contributed by atoms with E-state index in [4.69, 9.17) is 4.74 Å². The van der Waals surface area contributed by atoms with E-state index in [1.807, 2.05) is 13.0 Å². The van der Waals surface area contributed by atoms with Crippen LogP contribution in [0.5, 0.6) is 5.75 Å². The minimum atomic E-state index is -0.301. The van der Waals surface area contributed by atoms with Crippen LogP contribution in [0.2, 0.25) is 0 Å². The summed E-state index contributed by atoms with van der Waals surface area (Å²) in [7, 11) is 0. The molecule has 0 aliphatic rings. The zero-order valence-corrected chi connectivity index (χ0v) is 7.89. The highest BCUT2D eigenvalue weighted by molar-refractivity contribution is 7.80. The summed E-state index contributed by atoms with van der Waals surface area (Å²) in [6.07, 6.45) is 0. The van der Waals surface area contributed by atoms with Gasteiger partial charge in [0.2, 0.25) is 0 Å². The normalized spacial score (nSPS) is 9.58. The molecule has 1 aromatic carbocycles. The summed E-state index contributed by atoms with van der Waals surface area (Å²) in [5.41, 5.74) is 0.915. The van der Waals surface area contributed by atoms with Crippen LogP contribution < -0.4 is 4.74 Å². The van der Waals surface area contributed by atoms with Crippen LogP contribution in [0.15, 0.2) is 23.1 Å². The van der Waals surface area contributed by atoms with Gasteiger partial charge in [-0.25, -0.2) is 0 Å². The van der Waals surface area contributed by atoms with Crippen LogP contribution in [0.4, 0.5) is 0 Å². The Morgan fingerprint density at radius 1 is 1.50 bits per heavy atom. The molecule has 2 nitrogen and oxygen atoms in total. The molecule has 0 aliphatic heterocycles. The van der Waals surface area contributed by atoms with Crippen molar-refractivity contribution in [3.8, 4) is 5.75 Å². The maximum absolute atomic E-state index is 10.6. The molecule has 0 atom stereocenters. The monoisotopic (exact) mass is 182 g/mol. The maximum atomic E-state index is 10.6. The molecule has 0 unspecified atom stereocenters. The van der Waals surface area contributed by atoms with Gasteiger partial charge in [-0.1, -0.05) is 0 Å². The number of carbonyl (C=O) groups excluding carboxylic acids is 1. The summed E-state index contributed by atoms with van der Waals surface area (Å²) in [5, 5.41) is 0. The number of benzene rings is 1. The minimum Gasteiger partial charge on any atom is -0.426 e. The molecule has 0 heterocycles. The van der Waals surface area contributed by atoms with Crippen molar-refractivity contribution in [3.63, 3.8) is 0 Å². The molecular weight excluding hydrogens is 172 g/mol. The van der Waals surface area contributed by atoms with Crippen LogP contribution in [0, 0.1) is 6.92 Å². The summed E-state index contributed by atoms with van der Waals surface area (Å²) in [5.74, 6) is 0.297. The van der Waals surface area contributed by atoms with Crippen molar-refractivity contribution in [3.05, 3.63) is 23.8 Å². The molecule has 0 N–H and O–H groups in total. The Bertz CT molecular complexity index is 307. The van der Waals surface area contributed by atoms with Crippen LogP contribution >= 0.6 is 12.6 Å². The van der Waals surface area contributed by atoms with Gasteiger partial charge in [-0.2, -0.15) is 0 Å². The summed E-state index contributed by atoms with van der Waals surface area (Å²) >= 11 is 4.15. The first-order chi connectivity index (χ1) is 5.59. The van der Waals surface area contributed by atoms with Crippen molar-refractivity contribution in [1.82, 2.24) is 0 Å². The van der Waals surface area contributed by atoms with Crippen LogP contribution in [-0.4, -0.2) is 5.97 Å². The first-order valence-electron chi connectivity index (χ1n) is 3.57. The van der Waals surface area contributed by atoms with E-state index in [2.05, 4.69) is 12.6 Å². The van der Waals surface area contributed by atoms with Gasteiger partial charge in [0.05, 0.1) is 0 Å². The molecule has 12 heavy (non-hydrogen) atoms. The molecule has 0 saturated heterocycles. The molecule has 0 saturated carbocycles. The van der Waals surface area contributed by atoms with E-state index in [9.17, 15) is 4.79 Å². The number of ether oxygens (including phenoxy) is 1. The summed E-state index contributed by atoms with van der Waals surface area (Å²) < 4.78 is 4.93. The lowest BCUT2D eigenvalue weighted by Gasteiger charge is -2.04. The lowest BCUT2D eigenvalue weighted by molar-refractivity contribution is -0.131. The highest BCUT2D eigenvalue weighted by atomic mass is 32.1.